The molecule has 1 fully saturated rings. The average Bonchev–Trinajstić information content (AvgIpc) is 3.37. The Labute approximate surface area is 215 Å². The fourth-order valence-electron chi connectivity index (χ4n) is 3.03. The summed E-state index contributed by atoms with van der Waals surface area (Å²) in [6.45, 7) is 0.00585. The highest BCUT2D eigenvalue weighted by Gasteiger charge is 2.42. The number of anilines is 1. The van der Waals surface area contributed by atoms with E-state index in [9.17, 15) is 4.57 Å². The number of methoxy groups -OCH3 is 1. The molecule has 3 heterocycles. The molecule has 17 heteroatoms. The Bertz CT molecular complexity index is 1170. The Morgan fingerprint density at radius 3 is 2.40 bits per heavy atom. The zero-order valence-corrected chi connectivity index (χ0v) is 22.0. The van der Waals surface area contributed by atoms with Crippen LogP contribution in [0.1, 0.15) is 5.56 Å². The molecule has 1 unspecified atom stereocenters. The van der Waals surface area contributed by atoms with Crippen LogP contribution in [0.5, 0.6) is 5.75 Å². The summed E-state index contributed by atoms with van der Waals surface area (Å²) in [6, 6.07) is 4.00. The van der Waals surface area contributed by atoms with Crippen LogP contribution < -0.4 is 10.1 Å². The van der Waals surface area contributed by atoms with Crippen molar-refractivity contribution in [1.82, 2.24) is 19.9 Å². The quantitative estimate of drug-likeness (QED) is 0.180. The molecule has 1 aliphatic heterocycles. The number of hydrogen-bond donors (Lipinski definition) is 7. The van der Waals surface area contributed by atoms with E-state index in [0.717, 1.165) is 31.6 Å². The molecule has 4 rings (SSSR count). The molecular weight excluding hydrogens is 621 g/mol. The smallest absolute Gasteiger partial charge is 0.469 e. The van der Waals surface area contributed by atoms with Crippen LogP contribution in [0.15, 0.2) is 33.7 Å². The summed E-state index contributed by atoms with van der Waals surface area (Å²) in [5.74, 6) is 1.50. The highest BCUT2D eigenvalue weighted by atomic mass is 79.9. The van der Waals surface area contributed by atoms with Crippen LogP contribution in [-0.2, 0) is 20.4 Å². The zero-order valence-electron chi connectivity index (χ0n) is 17.9. The first-order valence-corrected chi connectivity index (χ1v) is 12.9. The van der Waals surface area contributed by atoms with Gasteiger partial charge in [0.05, 0.1) is 29.0 Å². The Kier molecular flexibility index (Phi) is 9.56. The number of aromatic nitrogens is 4. The SMILES string of the molecule is COc1c(Br)cc(CNc2ncnc3nc[nH]c23)cc1Br.O=P(O)(O)OC[C@H]1OC(O)[C@H](O)[C@@H]1O. The van der Waals surface area contributed by atoms with Crippen LogP contribution in [-0.4, -0.2) is 83.4 Å². The van der Waals surface area contributed by atoms with E-state index in [0.29, 0.717) is 12.2 Å². The molecule has 0 spiro atoms. The van der Waals surface area contributed by atoms with Gasteiger partial charge in [-0.15, -0.1) is 0 Å². The maximum absolute atomic E-state index is 10.3. The van der Waals surface area contributed by atoms with Crippen LogP contribution in [0.25, 0.3) is 11.2 Å². The number of phosphoric acid groups is 1. The molecule has 192 valence electrons. The molecule has 1 aliphatic rings. The molecule has 4 atom stereocenters. The highest BCUT2D eigenvalue weighted by Crippen LogP contribution is 2.37. The fourth-order valence-corrected chi connectivity index (χ4v) is 4.98. The van der Waals surface area contributed by atoms with Gasteiger partial charge in [-0.2, -0.15) is 0 Å². The molecule has 2 aromatic heterocycles. The zero-order chi connectivity index (χ0) is 25.8. The number of fused-ring (bicyclic) bond motifs is 1. The molecule has 14 nitrogen and oxygen atoms in total. The molecule has 7 N–H and O–H groups in total. The summed E-state index contributed by atoms with van der Waals surface area (Å²) in [7, 11) is -3.00. The lowest BCUT2D eigenvalue weighted by molar-refractivity contribution is -0.132. The normalized spacial score (nSPS) is 22.1. The van der Waals surface area contributed by atoms with Crippen molar-refractivity contribution in [2.75, 3.05) is 19.0 Å². The van der Waals surface area contributed by atoms with Crippen molar-refractivity contribution in [3.63, 3.8) is 0 Å². The maximum atomic E-state index is 10.3. The standard InChI is InChI=1S/C13H11Br2N5O.C5H11O8P/c1-21-11-8(14)2-7(3-9(11)15)4-16-12-10-13(18-5-17-10)20-6-19-12;6-3-2(1-12-14(9,10)11)13-5(8)4(3)7/h2-3,5-6H,4H2,1H3,(H2,16,17,18,19,20);2-8H,1H2,(H2,9,10,11)/t;2-,3-,4-,5?/m.1/s1. The summed E-state index contributed by atoms with van der Waals surface area (Å²) < 4.78 is 26.0. The first-order valence-electron chi connectivity index (χ1n) is 9.79. The number of imidazole rings is 1. The highest BCUT2D eigenvalue weighted by molar-refractivity contribution is 9.11. The predicted octanol–water partition coefficient (Wildman–Crippen LogP) is 1.03. The number of nitrogens with zero attached hydrogens (tertiary/aromatic N) is 3. The number of aliphatic hydroxyl groups is 3. The van der Waals surface area contributed by atoms with E-state index in [1.807, 2.05) is 12.1 Å². The van der Waals surface area contributed by atoms with Crippen molar-refractivity contribution in [2.45, 2.75) is 31.1 Å². The molecule has 0 amide bonds. The van der Waals surface area contributed by atoms with Crippen molar-refractivity contribution in [3.05, 3.63) is 39.3 Å². The lowest BCUT2D eigenvalue weighted by Gasteiger charge is -2.14. The van der Waals surface area contributed by atoms with Crippen molar-refractivity contribution in [1.29, 1.82) is 0 Å². The number of phosphoric ester groups is 1. The van der Waals surface area contributed by atoms with Gasteiger partial charge < -0.3 is 44.9 Å². The van der Waals surface area contributed by atoms with E-state index in [1.54, 1.807) is 13.4 Å². The first kappa shape index (κ1) is 27.9. The van der Waals surface area contributed by atoms with Gasteiger partial charge in [0.2, 0.25) is 0 Å². The number of rotatable bonds is 7. The summed E-state index contributed by atoms with van der Waals surface area (Å²) in [5, 5.41) is 30.3. The summed E-state index contributed by atoms with van der Waals surface area (Å²) >= 11 is 6.99. The van der Waals surface area contributed by atoms with Gasteiger partial charge in [0.25, 0.3) is 0 Å². The third kappa shape index (κ3) is 7.39. The average molecular weight is 643 g/mol. The van der Waals surface area contributed by atoms with Crippen molar-refractivity contribution < 1.29 is 43.7 Å². The number of ether oxygens (including phenoxy) is 2. The van der Waals surface area contributed by atoms with E-state index in [-0.39, 0.29) is 0 Å². The van der Waals surface area contributed by atoms with Crippen LogP contribution in [0.3, 0.4) is 0 Å². The van der Waals surface area contributed by atoms with Gasteiger partial charge in [0, 0.05) is 6.54 Å². The van der Waals surface area contributed by atoms with Gasteiger partial charge in [-0.3, -0.25) is 4.52 Å². The number of halogens is 2. The third-order valence-corrected chi connectivity index (χ3v) is 6.35. The van der Waals surface area contributed by atoms with E-state index in [2.05, 4.69) is 66.4 Å². The Morgan fingerprint density at radius 1 is 1.14 bits per heavy atom. The molecular formula is C18H22Br2N5O9P. The van der Waals surface area contributed by atoms with Gasteiger partial charge in [-0.25, -0.2) is 19.5 Å². The summed E-state index contributed by atoms with van der Waals surface area (Å²) in [5.41, 5.74) is 2.52. The second kappa shape index (κ2) is 12.0. The van der Waals surface area contributed by atoms with Crippen molar-refractivity contribution in [3.8, 4) is 5.75 Å². The molecule has 1 aromatic carbocycles. The Morgan fingerprint density at radius 2 is 1.83 bits per heavy atom. The van der Waals surface area contributed by atoms with Gasteiger partial charge in [0.1, 0.15) is 35.9 Å². The fraction of sp³-hybridized carbons (Fsp3) is 0.389. The van der Waals surface area contributed by atoms with Crippen molar-refractivity contribution >= 4 is 56.7 Å². The second-order valence-electron chi connectivity index (χ2n) is 7.10. The Hall–Kier alpha value is -1.72. The predicted molar refractivity (Wildman–Crippen MR) is 128 cm³/mol. The van der Waals surface area contributed by atoms with Gasteiger partial charge >= 0.3 is 7.82 Å². The van der Waals surface area contributed by atoms with Gasteiger partial charge in [-0.05, 0) is 49.6 Å². The largest absolute Gasteiger partial charge is 0.494 e. The lowest BCUT2D eigenvalue weighted by atomic mass is 10.1. The minimum Gasteiger partial charge on any atom is -0.494 e. The molecule has 0 bridgehead atoms. The maximum Gasteiger partial charge on any atom is 0.469 e. The minimum absolute atomic E-state index is 0.612. The number of nitrogens with one attached hydrogen (secondary N) is 2. The van der Waals surface area contributed by atoms with E-state index in [1.165, 1.54) is 6.33 Å². The molecule has 0 aliphatic carbocycles. The Balaban J connectivity index is 0.000000214. The molecule has 35 heavy (non-hydrogen) atoms. The first-order chi connectivity index (χ1) is 16.5. The number of aliphatic hydroxyl groups excluding tert-OH is 3. The van der Waals surface area contributed by atoms with Crippen LogP contribution in [0, 0.1) is 0 Å². The molecule has 1 saturated heterocycles. The third-order valence-electron chi connectivity index (χ3n) is 4.69. The van der Waals surface area contributed by atoms with Gasteiger partial charge in [-0.1, -0.05) is 0 Å². The molecule has 0 saturated carbocycles. The topological polar surface area (TPSA) is 212 Å². The number of hydrogen-bond acceptors (Lipinski definition) is 11. The molecule has 0 radical (unpaired) electrons. The van der Waals surface area contributed by atoms with E-state index < -0.39 is 39.0 Å². The second-order valence-corrected chi connectivity index (χ2v) is 10.1. The minimum atomic E-state index is -4.64. The van der Waals surface area contributed by atoms with E-state index in [4.69, 9.17) is 29.8 Å². The lowest BCUT2D eigenvalue weighted by Crippen LogP contribution is -2.34. The van der Waals surface area contributed by atoms with Crippen LogP contribution in [0.4, 0.5) is 5.82 Å². The van der Waals surface area contributed by atoms with Gasteiger partial charge in [0.15, 0.2) is 17.8 Å². The summed E-state index contributed by atoms with van der Waals surface area (Å²) in [6.07, 6.45) is -2.57. The van der Waals surface area contributed by atoms with Crippen LogP contribution >= 0.6 is 39.7 Å². The van der Waals surface area contributed by atoms with E-state index >= 15 is 0 Å². The monoisotopic (exact) mass is 641 g/mol. The number of aromatic amines is 1. The molecule has 3 aromatic rings. The number of H-pyrrole nitrogens is 1. The van der Waals surface area contributed by atoms with Crippen LogP contribution in [0.2, 0.25) is 0 Å². The number of benzene rings is 1. The summed E-state index contributed by atoms with van der Waals surface area (Å²) in [4.78, 5) is 32.1. The van der Waals surface area contributed by atoms with Crippen molar-refractivity contribution in [2.24, 2.45) is 0 Å².